The second-order valence-electron chi connectivity index (χ2n) is 30.6. The Labute approximate surface area is 661 Å². The van der Waals surface area contributed by atoms with E-state index < -0.39 is 97.5 Å². The highest BCUT2D eigenvalue weighted by molar-refractivity contribution is 7.47. The summed E-state index contributed by atoms with van der Waals surface area (Å²) in [6.07, 6.45) is 83.6. The minimum atomic E-state index is -4.99. The smallest absolute Gasteiger partial charge is 0.462 e. The van der Waals surface area contributed by atoms with Crippen molar-refractivity contribution in [3.05, 3.63) is 48.6 Å². The van der Waals surface area contributed by atoms with Gasteiger partial charge in [-0.2, -0.15) is 0 Å². The summed E-state index contributed by atoms with van der Waals surface area (Å²) < 4.78 is 68.9. The zero-order valence-corrected chi connectivity index (χ0v) is 71.6. The number of ether oxygens (including phenoxy) is 4. The zero-order chi connectivity index (χ0) is 78.9. The molecule has 0 spiro atoms. The average Bonchev–Trinajstić information content (AvgIpc) is 0.891. The molecule has 0 aromatic rings. The van der Waals surface area contributed by atoms with Crippen molar-refractivity contribution in [1.82, 2.24) is 0 Å². The van der Waals surface area contributed by atoms with Crippen LogP contribution in [0.3, 0.4) is 0 Å². The Morgan fingerprint density at radius 3 is 0.731 bits per heavy atom. The lowest BCUT2D eigenvalue weighted by atomic mass is 10.0. The van der Waals surface area contributed by atoms with Crippen LogP contribution in [0.2, 0.25) is 0 Å². The monoisotopic (exact) mass is 1570 g/mol. The van der Waals surface area contributed by atoms with Crippen LogP contribution in [-0.2, 0) is 65.4 Å². The lowest BCUT2D eigenvalue weighted by Crippen LogP contribution is -2.30. The summed E-state index contributed by atoms with van der Waals surface area (Å²) in [6.45, 7) is 4.94. The van der Waals surface area contributed by atoms with Crippen LogP contribution in [-0.4, -0.2) is 96.7 Å². The van der Waals surface area contributed by atoms with Crippen molar-refractivity contribution in [2.45, 2.75) is 457 Å². The van der Waals surface area contributed by atoms with Gasteiger partial charge in [0.05, 0.1) is 26.4 Å². The highest BCUT2D eigenvalue weighted by Crippen LogP contribution is 2.45. The van der Waals surface area contributed by atoms with Gasteiger partial charge in [0.1, 0.15) is 19.3 Å². The molecule has 634 valence electrons. The molecule has 0 aromatic heterocycles. The van der Waals surface area contributed by atoms with E-state index in [0.29, 0.717) is 32.1 Å². The molecule has 2 unspecified atom stereocenters. The second-order valence-corrected chi connectivity index (χ2v) is 33.5. The van der Waals surface area contributed by atoms with Crippen molar-refractivity contribution in [2.24, 2.45) is 0 Å². The van der Waals surface area contributed by atoms with Crippen molar-refractivity contribution in [3.8, 4) is 0 Å². The van der Waals surface area contributed by atoms with E-state index in [2.05, 4.69) is 64.2 Å². The highest BCUT2D eigenvalue weighted by atomic mass is 31.2. The van der Waals surface area contributed by atoms with Gasteiger partial charge in [-0.1, -0.05) is 397 Å². The maximum Gasteiger partial charge on any atom is 0.472 e. The van der Waals surface area contributed by atoms with E-state index in [9.17, 15) is 43.2 Å². The van der Waals surface area contributed by atoms with E-state index in [1.54, 1.807) is 0 Å². The summed E-state index contributed by atoms with van der Waals surface area (Å²) in [5.41, 5.74) is 0. The summed E-state index contributed by atoms with van der Waals surface area (Å²) in [5, 5.41) is 10.7. The van der Waals surface area contributed by atoms with Crippen LogP contribution in [0, 0.1) is 0 Å². The van der Waals surface area contributed by atoms with Crippen LogP contribution < -0.4 is 0 Å². The van der Waals surface area contributed by atoms with E-state index in [0.717, 1.165) is 89.9 Å². The standard InChI is InChI=1S/C89H166O17P2/c1-5-9-13-17-21-25-29-33-37-41-45-49-53-57-61-65-69-73-86(91)99-79-84(105-88(93)75-71-67-63-59-55-51-47-43-39-35-31-27-23-19-15-11-7-3)81-103-107(95,96)101-77-83(90)78-102-108(97,98)104-82-85(106-89(94)76-72-68-64-60-56-52-48-44-40-36-32-28-24-20-16-12-8-4)80-100-87(92)74-70-66-62-58-54-50-46-42-38-34-30-26-22-18-14-10-6-2/h23,27,35,39,47,51,59,63,83-85,90H,5-22,24-26,28-34,36-38,40-46,48-50,52-58,60-62,64-82H2,1-4H3,(H,95,96)(H,97,98)/b27-23-,39-35-,51-47-,63-59-/t83-,84+,85+/m0/s1. The number of rotatable bonds is 86. The maximum absolute atomic E-state index is 13.2. The Balaban J connectivity index is 5.35. The van der Waals surface area contributed by atoms with Gasteiger partial charge in [-0.25, -0.2) is 9.13 Å². The summed E-state index contributed by atoms with van der Waals surface area (Å²) in [4.78, 5) is 73.3. The Morgan fingerprint density at radius 1 is 0.259 bits per heavy atom. The van der Waals surface area contributed by atoms with Gasteiger partial charge < -0.3 is 33.8 Å². The first kappa shape index (κ1) is 105. The molecule has 0 aliphatic carbocycles. The van der Waals surface area contributed by atoms with E-state index in [1.807, 2.05) is 12.2 Å². The second kappa shape index (κ2) is 82.0. The maximum atomic E-state index is 13.2. The molecule has 3 N–H and O–H groups in total. The fraction of sp³-hybridized carbons (Fsp3) is 0.865. The topological polar surface area (TPSA) is 237 Å². The normalized spacial score (nSPS) is 14.0. The quantitative estimate of drug-likeness (QED) is 0.0169. The molecular weight excluding hydrogens is 1400 g/mol. The third-order valence-corrected chi connectivity index (χ3v) is 21.7. The number of carbonyl (C=O) groups is 4. The summed E-state index contributed by atoms with van der Waals surface area (Å²) >= 11 is 0. The number of phosphoric ester groups is 2. The molecule has 0 fully saturated rings. The molecule has 0 aliphatic heterocycles. The van der Waals surface area contributed by atoms with Crippen LogP contribution in [0.1, 0.15) is 439 Å². The molecule has 5 atom stereocenters. The first-order valence-electron chi connectivity index (χ1n) is 44.9. The number of unbranched alkanes of at least 4 members (excludes halogenated alkanes) is 52. The third kappa shape index (κ3) is 81.0. The predicted octanol–water partition coefficient (Wildman–Crippen LogP) is 26.8. The van der Waals surface area contributed by atoms with Gasteiger partial charge in [-0.3, -0.25) is 37.3 Å². The molecule has 108 heavy (non-hydrogen) atoms. The van der Waals surface area contributed by atoms with Gasteiger partial charge in [0.2, 0.25) is 0 Å². The van der Waals surface area contributed by atoms with Gasteiger partial charge in [0.25, 0.3) is 0 Å². The summed E-state index contributed by atoms with van der Waals surface area (Å²) in [7, 11) is -9.96. The molecule has 0 radical (unpaired) electrons. The van der Waals surface area contributed by atoms with E-state index >= 15 is 0 Å². The fourth-order valence-electron chi connectivity index (χ4n) is 13.0. The molecule has 0 bridgehead atoms. The van der Waals surface area contributed by atoms with Crippen molar-refractivity contribution in [1.29, 1.82) is 0 Å². The van der Waals surface area contributed by atoms with Crippen LogP contribution >= 0.6 is 15.6 Å². The predicted molar refractivity (Wildman–Crippen MR) is 446 cm³/mol. The lowest BCUT2D eigenvalue weighted by molar-refractivity contribution is -0.161. The van der Waals surface area contributed by atoms with Gasteiger partial charge in [-0.15, -0.1) is 0 Å². The van der Waals surface area contributed by atoms with Crippen molar-refractivity contribution in [2.75, 3.05) is 39.6 Å². The Kier molecular flexibility index (Phi) is 79.8. The fourth-order valence-corrected chi connectivity index (χ4v) is 14.6. The molecule has 0 saturated carbocycles. The number of esters is 4. The molecule has 0 heterocycles. The van der Waals surface area contributed by atoms with Crippen LogP contribution in [0.25, 0.3) is 0 Å². The van der Waals surface area contributed by atoms with Crippen molar-refractivity contribution < 1.29 is 80.2 Å². The summed E-state index contributed by atoms with van der Waals surface area (Å²) in [6, 6.07) is 0. The third-order valence-electron chi connectivity index (χ3n) is 19.8. The van der Waals surface area contributed by atoms with Crippen LogP contribution in [0.5, 0.6) is 0 Å². The van der Waals surface area contributed by atoms with Crippen molar-refractivity contribution in [3.63, 3.8) is 0 Å². The first-order valence-corrected chi connectivity index (χ1v) is 47.9. The molecule has 17 nitrogen and oxygen atoms in total. The number of allylic oxidation sites excluding steroid dienone is 8. The largest absolute Gasteiger partial charge is 0.472 e. The number of hydrogen-bond donors (Lipinski definition) is 3. The van der Waals surface area contributed by atoms with Crippen molar-refractivity contribution >= 4 is 39.5 Å². The number of aliphatic hydroxyl groups excluding tert-OH is 1. The molecule has 0 aromatic carbocycles. The number of aliphatic hydroxyl groups is 1. The molecule has 19 heteroatoms. The number of carbonyl (C=O) groups excluding carboxylic acids is 4. The Morgan fingerprint density at radius 2 is 0.463 bits per heavy atom. The number of phosphoric acid groups is 2. The number of hydrogen-bond acceptors (Lipinski definition) is 15. The SMILES string of the molecule is CCCCC/C=C\C/C=C\C/C=C\C/C=C\CCCC(=O)O[C@H](COC(=O)CCCCCCCCCCCCCCCCCCC)COP(=O)(O)OC[C@H](O)COP(=O)(O)OC[C@@H](COC(=O)CCCCCCCCCCCCCCCCCCC)OC(=O)CCCCCCCCCCCCCCCCCCC. The molecule has 0 amide bonds. The first-order chi connectivity index (χ1) is 52.7. The molecule has 0 aliphatic rings. The summed E-state index contributed by atoms with van der Waals surface area (Å²) in [5.74, 6) is -2.18. The Hall–Kier alpha value is -2.98. The average molecular weight is 1570 g/mol. The van der Waals surface area contributed by atoms with E-state index in [-0.39, 0.29) is 25.7 Å². The van der Waals surface area contributed by atoms with Gasteiger partial charge in [0.15, 0.2) is 12.2 Å². The van der Waals surface area contributed by atoms with E-state index in [4.69, 9.17) is 37.0 Å². The minimum Gasteiger partial charge on any atom is -0.462 e. The van der Waals surface area contributed by atoms with E-state index in [1.165, 1.54) is 263 Å². The lowest BCUT2D eigenvalue weighted by Gasteiger charge is -2.21. The molecule has 0 rings (SSSR count). The molecule has 0 saturated heterocycles. The Bertz CT molecular complexity index is 2220. The van der Waals surface area contributed by atoms with Crippen LogP contribution in [0.15, 0.2) is 48.6 Å². The van der Waals surface area contributed by atoms with Gasteiger partial charge in [0, 0.05) is 25.7 Å². The van der Waals surface area contributed by atoms with Crippen LogP contribution in [0.4, 0.5) is 0 Å². The van der Waals surface area contributed by atoms with Gasteiger partial charge in [-0.05, 0) is 64.2 Å². The highest BCUT2D eigenvalue weighted by Gasteiger charge is 2.30. The van der Waals surface area contributed by atoms with Gasteiger partial charge >= 0.3 is 39.5 Å². The minimum absolute atomic E-state index is 0.0260. The molecular formula is C89H166O17P2. The zero-order valence-electron chi connectivity index (χ0n) is 69.8.